The van der Waals surface area contributed by atoms with Crippen molar-refractivity contribution in [2.75, 3.05) is 0 Å². The summed E-state index contributed by atoms with van der Waals surface area (Å²) in [5, 5.41) is 0. The molecule has 0 aliphatic heterocycles. The van der Waals surface area contributed by atoms with E-state index in [1.807, 2.05) is 36.4 Å². The maximum absolute atomic E-state index is 12.5. The Hall–Kier alpha value is -1.89. The van der Waals surface area contributed by atoms with Crippen LogP contribution in [0.5, 0.6) is 0 Å². The Kier molecular flexibility index (Phi) is 3.45. The Balaban J connectivity index is 1.82. The summed E-state index contributed by atoms with van der Waals surface area (Å²) in [5.41, 5.74) is 3.74. The van der Waals surface area contributed by atoms with E-state index in [0.717, 1.165) is 24.8 Å². The smallest absolute Gasteiger partial charge is 0.144 e. The molecule has 1 heteroatoms. The van der Waals surface area contributed by atoms with Crippen LogP contribution >= 0.6 is 0 Å². The first-order chi connectivity index (χ1) is 9.34. The summed E-state index contributed by atoms with van der Waals surface area (Å²) < 4.78 is 0. The number of aryl methyl sites for hydroxylation is 1. The minimum Gasteiger partial charge on any atom is -0.299 e. The van der Waals surface area contributed by atoms with Crippen LogP contribution < -0.4 is 0 Å². The fourth-order valence-electron chi connectivity index (χ4n) is 3.01. The van der Waals surface area contributed by atoms with E-state index < -0.39 is 0 Å². The first-order valence-corrected chi connectivity index (χ1v) is 6.99. The van der Waals surface area contributed by atoms with Gasteiger partial charge in [0.2, 0.25) is 0 Å². The van der Waals surface area contributed by atoms with E-state index in [0.29, 0.717) is 12.2 Å². The van der Waals surface area contributed by atoms with Crippen molar-refractivity contribution in [2.45, 2.75) is 31.6 Å². The van der Waals surface area contributed by atoms with Crippen molar-refractivity contribution in [1.29, 1.82) is 0 Å². The average Bonchev–Trinajstić information content (AvgIpc) is 2.47. The highest BCUT2D eigenvalue weighted by Gasteiger charge is 2.25. The summed E-state index contributed by atoms with van der Waals surface area (Å²) in [5.74, 6) is 0.462. The Morgan fingerprint density at radius 2 is 1.74 bits per heavy atom. The molecule has 0 spiro atoms. The zero-order valence-corrected chi connectivity index (χ0v) is 11.0. The molecule has 3 rings (SSSR count). The maximum Gasteiger partial charge on any atom is 0.144 e. The zero-order valence-electron chi connectivity index (χ0n) is 11.0. The molecule has 1 nitrogen and oxygen atoms in total. The first kappa shape index (κ1) is 12.2. The first-order valence-electron chi connectivity index (χ1n) is 6.99. The summed E-state index contributed by atoms with van der Waals surface area (Å²) >= 11 is 0. The highest BCUT2D eigenvalue weighted by molar-refractivity contribution is 5.88. The number of rotatable bonds is 3. The third-order valence-corrected chi connectivity index (χ3v) is 3.98. The van der Waals surface area contributed by atoms with E-state index in [-0.39, 0.29) is 5.92 Å². The molecule has 0 N–H and O–H groups in total. The normalized spacial score (nSPS) is 17.8. The van der Waals surface area contributed by atoms with Crippen molar-refractivity contribution >= 4 is 5.78 Å². The fourth-order valence-corrected chi connectivity index (χ4v) is 3.01. The Bertz CT molecular complexity index is 571. The molecule has 1 atom stereocenters. The SMILES string of the molecule is O=C(Cc1ccccc1)C1CCCc2ccccc21. The average molecular weight is 250 g/mol. The number of hydrogen-bond acceptors (Lipinski definition) is 1. The molecule has 0 aromatic heterocycles. The van der Waals surface area contributed by atoms with Gasteiger partial charge in [-0.3, -0.25) is 4.79 Å². The third kappa shape index (κ3) is 2.60. The van der Waals surface area contributed by atoms with Crippen molar-refractivity contribution in [3.8, 4) is 0 Å². The minimum absolute atomic E-state index is 0.102. The third-order valence-electron chi connectivity index (χ3n) is 3.98. The fraction of sp³-hybridized carbons (Fsp3) is 0.278. The van der Waals surface area contributed by atoms with E-state index in [1.165, 1.54) is 11.1 Å². The van der Waals surface area contributed by atoms with Gasteiger partial charge in [0.15, 0.2) is 0 Å². The standard InChI is InChI=1S/C18H18O/c19-18(13-14-7-2-1-3-8-14)17-12-6-10-15-9-4-5-11-16(15)17/h1-5,7-9,11,17H,6,10,12-13H2. The zero-order chi connectivity index (χ0) is 13.1. The molecule has 0 saturated heterocycles. The second-order valence-corrected chi connectivity index (χ2v) is 5.27. The van der Waals surface area contributed by atoms with Gasteiger partial charge in [0, 0.05) is 12.3 Å². The predicted molar refractivity (Wildman–Crippen MR) is 77.3 cm³/mol. The molecule has 1 unspecified atom stereocenters. The van der Waals surface area contributed by atoms with Gasteiger partial charge in [-0.25, -0.2) is 0 Å². The summed E-state index contributed by atoms with van der Waals surface area (Å²) in [4.78, 5) is 12.5. The van der Waals surface area contributed by atoms with Gasteiger partial charge in [-0.05, 0) is 36.0 Å². The Labute approximate surface area is 114 Å². The van der Waals surface area contributed by atoms with Gasteiger partial charge >= 0.3 is 0 Å². The van der Waals surface area contributed by atoms with Crippen LogP contribution in [0.2, 0.25) is 0 Å². The molecule has 1 aliphatic carbocycles. The second kappa shape index (κ2) is 5.40. The highest BCUT2D eigenvalue weighted by atomic mass is 16.1. The lowest BCUT2D eigenvalue weighted by molar-refractivity contribution is -0.120. The molecule has 2 aromatic carbocycles. The summed E-state index contributed by atoms with van der Waals surface area (Å²) in [7, 11) is 0. The van der Waals surface area contributed by atoms with Crippen LogP contribution in [0.3, 0.4) is 0 Å². The molecule has 96 valence electrons. The summed E-state index contributed by atoms with van der Waals surface area (Å²) in [6.07, 6.45) is 3.80. The van der Waals surface area contributed by atoms with Crippen LogP contribution in [0.25, 0.3) is 0 Å². The summed E-state index contributed by atoms with van der Waals surface area (Å²) in [6.45, 7) is 0. The van der Waals surface area contributed by atoms with Crippen LogP contribution in [0.1, 0.15) is 35.4 Å². The lowest BCUT2D eigenvalue weighted by Gasteiger charge is -2.24. The van der Waals surface area contributed by atoms with Crippen molar-refractivity contribution in [2.24, 2.45) is 0 Å². The van der Waals surface area contributed by atoms with Gasteiger partial charge in [0.25, 0.3) is 0 Å². The number of ketones is 1. The molecular formula is C18H18O. The van der Waals surface area contributed by atoms with Gasteiger partial charge in [0.05, 0.1) is 0 Å². The van der Waals surface area contributed by atoms with E-state index in [2.05, 4.69) is 18.2 Å². The predicted octanol–water partition coefficient (Wildman–Crippen LogP) is 3.92. The lowest BCUT2D eigenvalue weighted by atomic mass is 9.79. The van der Waals surface area contributed by atoms with Crippen LogP contribution in [0.4, 0.5) is 0 Å². The molecule has 0 bridgehead atoms. The van der Waals surface area contributed by atoms with Crippen molar-refractivity contribution in [3.63, 3.8) is 0 Å². The number of carbonyl (C=O) groups excluding carboxylic acids is 1. The van der Waals surface area contributed by atoms with Crippen molar-refractivity contribution < 1.29 is 4.79 Å². The molecule has 0 amide bonds. The molecule has 19 heavy (non-hydrogen) atoms. The summed E-state index contributed by atoms with van der Waals surface area (Å²) in [6, 6.07) is 18.5. The van der Waals surface area contributed by atoms with Crippen LogP contribution in [0, 0.1) is 0 Å². The van der Waals surface area contributed by atoms with Gasteiger partial charge in [-0.15, -0.1) is 0 Å². The highest BCUT2D eigenvalue weighted by Crippen LogP contribution is 2.32. The van der Waals surface area contributed by atoms with Gasteiger partial charge in [0.1, 0.15) is 5.78 Å². The maximum atomic E-state index is 12.5. The number of Topliss-reactive ketones (excluding diaryl/α,β-unsaturated/α-hetero) is 1. The monoisotopic (exact) mass is 250 g/mol. The molecular weight excluding hydrogens is 232 g/mol. The number of benzene rings is 2. The van der Waals surface area contributed by atoms with E-state index >= 15 is 0 Å². The Morgan fingerprint density at radius 1 is 1.00 bits per heavy atom. The van der Waals surface area contributed by atoms with Crippen LogP contribution in [0.15, 0.2) is 54.6 Å². The van der Waals surface area contributed by atoms with Crippen LogP contribution in [-0.2, 0) is 17.6 Å². The number of hydrogen-bond donors (Lipinski definition) is 0. The van der Waals surface area contributed by atoms with Gasteiger partial charge in [-0.2, -0.15) is 0 Å². The largest absolute Gasteiger partial charge is 0.299 e. The molecule has 2 aromatic rings. The van der Waals surface area contributed by atoms with E-state index in [9.17, 15) is 4.79 Å². The van der Waals surface area contributed by atoms with E-state index in [4.69, 9.17) is 0 Å². The second-order valence-electron chi connectivity index (χ2n) is 5.27. The molecule has 0 saturated carbocycles. The number of carbonyl (C=O) groups is 1. The molecule has 0 fully saturated rings. The van der Waals surface area contributed by atoms with E-state index in [1.54, 1.807) is 0 Å². The van der Waals surface area contributed by atoms with Crippen molar-refractivity contribution in [1.82, 2.24) is 0 Å². The molecule has 1 aliphatic rings. The van der Waals surface area contributed by atoms with Crippen LogP contribution in [-0.4, -0.2) is 5.78 Å². The minimum atomic E-state index is 0.102. The topological polar surface area (TPSA) is 17.1 Å². The number of fused-ring (bicyclic) bond motifs is 1. The molecule has 0 radical (unpaired) electrons. The van der Waals surface area contributed by atoms with Crippen molar-refractivity contribution in [3.05, 3.63) is 71.3 Å². The molecule has 0 heterocycles. The lowest BCUT2D eigenvalue weighted by Crippen LogP contribution is -2.20. The van der Waals surface area contributed by atoms with Gasteiger partial charge < -0.3 is 0 Å². The Morgan fingerprint density at radius 3 is 2.58 bits per heavy atom. The van der Waals surface area contributed by atoms with Gasteiger partial charge in [-0.1, -0.05) is 54.6 Å². The quantitative estimate of drug-likeness (QED) is 0.807.